The third-order valence-corrected chi connectivity index (χ3v) is 14.1. The lowest BCUT2D eigenvalue weighted by molar-refractivity contribution is -0.161. The predicted octanol–water partition coefficient (Wildman–Crippen LogP) is 21.4. The van der Waals surface area contributed by atoms with Gasteiger partial charge in [0.2, 0.25) is 0 Å². The molecule has 83 heavy (non-hydrogen) atoms. The van der Waals surface area contributed by atoms with E-state index in [-0.39, 0.29) is 32.6 Å². The van der Waals surface area contributed by atoms with Gasteiger partial charge in [-0.25, -0.2) is 4.57 Å². The van der Waals surface area contributed by atoms with Gasteiger partial charge in [-0.05, 0) is 128 Å². The van der Waals surface area contributed by atoms with Crippen molar-refractivity contribution < 1.29 is 37.6 Å². The molecule has 3 N–H and O–H groups in total. The first-order valence-corrected chi connectivity index (χ1v) is 34.1. The molecule has 0 aromatic heterocycles. The van der Waals surface area contributed by atoms with E-state index in [9.17, 15) is 19.0 Å². The minimum absolute atomic E-state index is 0.0418. The van der Waals surface area contributed by atoms with Crippen molar-refractivity contribution in [2.45, 2.75) is 251 Å². The van der Waals surface area contributed by atoms with Crippen molar-refractivity contribution in [2.24, 2.45) is 5.73 Å². The molecule has 0 fully saturated rings. The van der Waals surface area contributed by atoms with Crippen molar-refractivity contribution in [1.29, 1.82) is 0 Å². The monoisotopic (exact) mass is 1170 g/mol. The fourth-order valence-electron chi connectivity index (χ4n) is 8.36. The van der Waals surface area contributed by atoms with Crippen molar-refractivity contribution in [1.82, 2.24) is 0 Å². The maximum absolute atomic E-state index is 12.7. The predicted molar refractivity (Wildman–Crippen MR) is 357 cm³/mol. The van der Waals surface area contributed by atoms with Crippen molar-refractivity contribution in [3.63, 3.8) is 0 Å². The van der Waals surface area contributed by atoms with Crippen LogP contribution in [0.2, 0.25) is 0 Å². The Labute approximate surface area is 508 Å². The quantitative estimate of drug-likeness (QED) is 0.0264. The number of carbonyl (C=O) groups is 2. The highest BCUT2D eigenvalue weighted by atomic mass is 31.2. The van der Waals surface area contributed by atoms with E-state index in [1.807, 2.05) is 0 Å². The van der Waals surface area contributed by atoms with Gasteiger partial charge in [-0.3, -0.25) is 18.6 Å². The van der Waals surface area contributed by atoms with Crippen LogP contribution in [-0.2, 0) is 32.7 Å². The average molecular weight is 1170 g/mol. The lowest BCUT2D eigenvalue weighted by atomic mass is 10.0. The van der Waals surface area contributed by atoms with E-state index in [0.29, 0.717) is 6.42 Å². The number of nitrogens with two attached hydrogens (primary N) is 1. The maximum atomic E-state index is 12.7. The molecular weight excluding hydrogens is 1050 g/mol. The number of carbonyl (C=O) groups excluding carboxylic acids is 2. The Bertz CT molecular complexity index is 1960. The Hall–Kier alpha value is -4.63. The molecule has 468 valence electrons. The fraction of sp³-hybridized carbons (Fsp3) is 0.589. The van der Waals surface area contributed by atoms with Crippen LogP contribution < -0.4 is 5.73 Å². The Morgan fingerprint density at radius 2 is 0.627 bits per heavy atom. The second-order valence-corrected chi connectivity index (χ2v) is 22.3. The highest BCUT2D eigenvalue weighted by Crippen LogP contribution is 2.43. The molecule has 0 aliphatic rings. The van der Waals surface area contributed by atoms with Gasteiger partial charge in [0.15, 0.2) is 6.10 Å². The SMILES string of the molecule is CC/C=C\C/C=C\C/C=C\C/C=C\C/C=C\C/C=C\C/C=C\C/C=C\C/C=C\C/C=C\CCCCCCCCC(=O)OC(COC(=O)CCCCCCCCCCCCCC/C=C\C/C=C\C/C=C\C/C=C\CC)COP(=O)(O)OCCN. The summed E-state index contributed by atoms with van der Waals surface area (Å²) >= 11 is 0. The minimum atomic E-state index is -4.41. The fourth-order valence-corrected chi connectivity index (χ4v) is 9.13. The molecule has 0 aliphatic carbocycles. The van der Waals surface area contributed by atoms with Gasteiger partial charge in [0.1, 0.15) is 6.61 Å². The van der Waals surface area contributed by atoms with Gasteiger partial charge in [-0.2, -0.15) is 0 Å². The number of allylic oxidation sites excluding steroid dienone is 28. The van der Waals surface area contributed by atoms with E-state index >= 15 is 0 Å². The Kier molecular flexibility index (Phi) is 62.8. The molecule has 2 atom stereocenters. The molecule has 10 heteroatoms. The van der Waals surface area contributed by atoms with E-state index in [2.05, 4.69) is 184 Å². The van der Waals surface area contributed by atoms with Gasteiger partial charge in [-0.15, -0.1) is 0 Å². The van der Waals surface area contributed by atoms with Gasteiger partial charge >= 0.3 is 19.8 Å². The molecule has 0 amide bonds. The molecule has 0 aliphatic heterocycles. The maximum Gasteiger partial charge on any atom is 0.472 e. The summed E-state index contributed by atoms with van der Waals surface area (Å²) in [6, 6.07) is 0. The van der Waals surface area contributed by atoms with Crippen LogP contribution in [0.1, 0.15) is 245 Å². The molecular formula is C73H118NO8P. The summed E-state index contributed by atoms with van der Waals surface area (Å²) in [4.78, 5) is 35.3. The van der Waals surface area contributed by atoms with Crippen molar-refractivity contribution in [2.75, 3.05) is 26.4 Å². The molecule has 0 bridgehead atoms. The summed E-state index contributed by atoms with van der Waals surface area (Å²) < 4.78 is 33.1. The highest BCUT2D eigenvalue weighted by molar-refractivity contribution is 7.47. The van der Waals surface area contributed by atoms with Crippen LogP contribution in [0.5, 0.6) is 0 Å². The van der Waals surface area contributed by atoms with E-state index in [4.69, 9.17) is 24.3 Å². The van der Waals surface area contributed by atoms with Crippen LogP contribution in [0, 0.1) is 0 Å². The molecule has 0 aromatic carbocycles. The Morgan fingerprint density at radius 1 is 0.361 bits per heavy atom. The summed E-state index contributed by atoms with van der Waals surface area (Å²) in [5.74, 6) is -0.856. The van der Waals surface area contributed by atoms with Crippen LogP contribution in [-0.4, -0.2) is 49.3 Å². The van der Waals surface area contributed by atoms with E-state index < -0.39 is 32.5 Å². The summed E-state index contributed by atoms with van der Waals surface area (Å²) in [5, 5.41) is 0. The number of hydrogen-bond donors (Lipinski definition) is 2. The Balaban J connectivity index is 4.03. The van der Waals surface area contributed by atoms with Gasteiger partial charge in [0.25, 0.3) is 0 Å². The molecule has 9 nitrogen and oxygen atoms in total. The van der Waals surface area contributed by atoms with Gasteiger partial charge in [0, 0.05) is 19.4 Å². The van der Waals surface area contributed by atoms with Crippen LogP contribution in [0.3, 0.4) is 0 Å². The lowest BCUT2D eigenvalue weighted by Crippen LogP contribution is -2.29. The van der Waals surface area contributed by atoms with E-state index in [1.54, 1.807) is 0 Å². The number of phosphoric acid groups is 1. The number of unbranched alkanes of at least 4 members (excludes halogenated alkanes) is 18. The molecule has 0 saturated heterocycles. The smallest absolute Gasteiger partial charge is 0.462 e. The van der Waals surface area contributed by atoms with Crippen molar-refractivity contribution >= 4 is 19.8 Å². The van der Waals surface area contributed by atoms with Crippen LogP contribution in [0.15, 0.2) is 170 Å². The Morgan fingerprint density at radius 3 is 0.928 bits per heavy atom. The number of rotatable bonds is 59. The first kappa shape index (κ1) is 78.4. The first-order chi connectivity index (χ1) is 40.8. The van der Waals surface area contributed by atoms with Gasteiger partial charge < -0.3 is 20.1 Å². The number of ether oxygens (including phenoxy) is 2. The third kappa shape index (κ3) is 66.4. The normalized spacial score (nSPS) is 14.1. The highest BCUT2D eigenvalue weighted by Gasteiger charge is 2.26. The standard InChI is InChI=1S/C73H118NO8P/c1-3-5-7-9-11-13-15-17-19-21-23-25-27-29-30-31-32-33-34-35-36-37-38-39-40-42-44-46-48-50-52-54-56-58-60-62-64-66-73(76)82-71(70-81-83(77,78)80-68-67-74)69-79-72(75)65-63-61-59-57-55-53-51-49-47-45-43-41-28-26-24-22-20-18-16-14-12-10-8-6-4-2/h5-8,11-14,17-20,23-26,29-30,32-33,35-36,38-39,42,44,48,50,71H,3-4,9-10,15-16,21-22,27-28,31,34,37,40-41,43,45-47,49,51-70,74H2,1-2H3,(H,77,78)/b7-5-,8-6-,13-11-,14-12-,19-17-,20-18-,25-23-,26-24-,30-29-,33-32-,36-35-,39-38-,44-42-,50-48-. The summed E-state index contributed by atoms with van der Waals surface area (Å²) in [6.07, 6.45) is 98.5. The zero-order chi connectivity index (χ0) is 60.1. The number of phosphoric ester groups is 1. The van der Waals surface area contributed by atoms with E-state index in [0.717, 1.165) is 154 Å². The molecule has 0 spiro atoms. The summed E-state index contributed by atoms with van der Waals surface area (Å²) in [7, 11) is -4.41. The number of hydrogen-bond acceptors (Lipinski definition) is 8. The largest absolute Gasteiger partial charge is 0.472 e. The second-order valence-electron chi connectivity index (χ2n) is 20.9. The topological polar surface area (TPSA) is 134 Å². The van der Waals surface area contributed by atoms with Crippen molar-refractivity contribution in [3.8, 4) is 0 Å². The molecule has 0 aromatic rings. The van der Waals surface area contributed by atoms with Crippen LogP contribution >= 0.6 is 7.82 Å². The molecule has 0 rings (SSSR count). The van der Waals surface area contributed by atoms with Crippen molar-refractivity contribution in [3.05, 3.63) is 170 Å². The minimum Gasteiger partial charge on any atom is -0.462 e. The summed E-state index contributed by atoms with van der Waals surface area (Å²) in [6.45, 7) is 3.49. The molecule has 2 unspecified atom stereocenters. The van der Waals surface area contributed by atoms with Crippen LogP contribution in [0.25, 0.3) is 0 Å². The second kappa shape index (κ2) is 66.5. The molecule has 0 heterocycles. The first-order valence-electron chi connectivity index (χ1n) is 32.6. The zero-order valence-corrected chi connectivity index (χ0v) is 53.3. The molecule has 0 radical (unpaired) electrons. The van der Waals surface area contributed by atoms with E-state index in [1.165, 1.54) is 57.8 Å². The third-order valence-electron chi connectivity index (χ3n) is 13.1. The average Bonchev–Trinajstić information content (AvgIpc) is 3.49. The van der Waals surface area contributed by atoms with Gasteiger partial charge in [-0.1, -0.05) is 274 Å². The lowest BCUT2D eigenvalue weighted by Gasteiger charge is -2.19. The van der Waals surface area contributed by atoms with Gasteiger partial charge in [0.05, 0.1) is 13.2 Å². The zero-order valence-electron chi connectivity index (χ0n) is 52.4. The summed E-state index contributed by atoms with van der Waals surface area (Å²) in [5.41, 5.74) is 5.39. The number of esters is 2. The van der Waals surface area contributed by atoms with Crippen LogP contribution in [0.4, 0.5) is 0 Å². The molecule has 0 saturated carbocycles.